The summed E-state index contributed by atoms with van der Waals surface area (Å²) in [5.41, 5.74) is 1.67. The summed E-state index contributed by atoms with van der Waals surface area (Å²) in [6, 6.07) is 8.47. The Hall–Kier alpha value is -1.65. The predicted octanol–water partition coefficient (Wildman–Crippen LogP) is 4.07. The molecule has 5 heteroatoms. The highest BCUT2D eigenvalue weighted by Gasteiger charge is 2.14. The van der Waals surface area contributed by atoms with Gasteiger partial charge in [0.1, 0.15) is 11.6 Å². The average molecular weight is 298 g/mol. The number of anilines is 1. The van der Waals surface area contributed by atoms with Crippen LogP contribution in [0.3, 0.4) is 0 Å². The molecule has 20 heavy (non-hydrogen) atoms. The Morgan fingerprint density at radius 1 is 1.25 bits per heavy atom. The maximum atomic E-state index is 13.5. The highest BCUT2D eigenvalue weighted by atomic mass is 35.5. The van der Waals surface area contributed by atoms with E-state index in [4.69, 9.17) is 11.6 Å². The smallest absolute Gasteiger partial charge is 0.131 e. The number of halogens is 3. The summed E-state index contributed by atoms with van der Waals surface area (Å²) in [5.74, 6) is -1.43. The van der Waals surface area contributed by atoms with Gasteiger partial charge in [-0.05, 0) is 30.7 Å². The first-order valence-corrected chi connectivity index (χ1v) is 6.49. The van der Waals surface area contributed by atoms with Crippen LogP contribution in [0.2, 0.25) is 5.02 Å². The molecular weight excluding hydrogens is 284 g/mol. The Labute approximate surface area is 121 Å². The summed E-state index contributed by atoms with van der Waals surface area (Å²) in [6.07, 6.45) is -1.08. The minimum atomic E-state index is -1.08. The summed E-state index contributed by atoms with van der Waals surface area (Å²) in [4.78, 5) is 0. The van der Waals surface area contributed by atoms with Gasteiger partial charge in [0.15, 0.2) is 0 Å². The molecule has 0 aliphatic rings. The van der Waals surface area contributed by atoms with Gasteiger partial charge in [0, 0.05) is 28.9 Å². The van der Waals surface area contributed by atoms with Gasteiger partial charge in [0.2, 0.25) is 0 Å². The lowest BCUT2D eigenvalue weighted by Gasteiger charge is -2.15. The zero-order valence-electron chi connectivity index (χ0n) is 10.8. The lowest BCUT2D eigenvalue weighted by Crippen LogP contribution is -2.14. The predicted molar refractivity (Wildman–Crippen MR) is 76.0 cm³/mol. The Kier molecular flexibility index (Phi) is 4.57. The highest BCUT2D eigenvalue weighted by Crippen LogP contribution is 2.24. The molecule has 0 aliphatic carbocycles. The van der Waals surface area contributed by atoms with Crippen LogP contribution in [-0.2, 0) is 0 Å². The van der Waals surface area contributed by atoms with E-state index in [1.54, 1.807) is 12.1 Å². The van der Waals surface area contributed by atoms with Gasteiger partial charge >= 0.3 is 0 Å². The molecule has 2 aromatic rings. The van der Waals surface area contributed by atoms with Gasteiger partial charge in [-0.2, -0.15) is 0 Å². The SMILES string of the molecule is Cc1c(Cl)cccc1NCC(O)c1ccc(F)cc1F. The molecule has 0 saturated carbocycles. The van der Waals surface area contributed by atoms with Gasteiger partial charge in [-0.1, -0.05) is 23.7 Å². The summed E-state index contributed by atoms with van der Waals surface area (Å²) < 4.78 is 26.3. The number of nitrogens with one attached hydrogen (secondary N) is 1. The normalized spacial score (nSPS) is 12.2. The first kappa shape index (κ1) is 14.8. The zero-order chi connectivity index (χ0) is 14.7. The van der Waals surface area contributed by atoms with Crippen molar-refractivity contribution < 1.29 is 13.9 Å². The number of hydrogen-bond donors (Lipinski definition) is 2. The van der Waals surface area contributed by atoms with Crippen molar-refractivity contribution in [2.24, 2.45) is 0 Å². The second-order valence-corrected chi connectivity index (χ2v) is 4.88. The molecule has 0 aromatic heterocycles. The number of benzene rings is 2. The quantitative estimate of drug-likeness (QED) is 0.891. The molecule has 2 nitrogen and oxygen atoms in total. The van der Waals surface area contributed by atoms with E-state index in [9.17, 15) is 13.9 Å². The topological polar surface area (TPSA) is 32.3 Å². The molecule has 106 valence electrons. The molecule has 2 aromatic carbocycles. The molecule has 0 spiro atoms. The van der Waals surface area contributed by atoms with Gasteiger partial charge < -0.3 is 10.4 Å². The van der Waals surface area contributed by atoms with Gasteiger partial charge in [-0.15, -0.1) is 0 Å². The number of hydrogen-bond acceptors (Lipinski definition) is 2. The van der Waals surface area contributed by atoms with Crippen molar-refractivity contribution in [1.82, 2.24) is 0 Å². The second-order valence-electron chi connectivity index (χ2n) is 4.47. The van der Waals surface area contributed by atoms with E-state index in [-0.39, 0.29) is 12.1 Å². The molecule has 0 saturated heterocycles. The fraction of sp³-hybridized carbons (Fsp3) is 0.200. The van der Waals surface area contributed by atoms with Crippen molar-refractivity contribution in [2.75, 3.05) is 11.9 Å². The van der Waals surface area contributed by atoms with E-state index in [0.29, 0.717) is 5.02 Å². The summed E-state index contributed by atoms with van der Waals surface area (Å²) in [6.45, 7) is 1.94. The van der Waals surface area contributed by atoms with Crippen LogP contribution in [-0.4, -0.2) is 11.7 Å². The van der Waals surface area contributed by atoms with Crippen molar-refractivity contribution in [3.05, 3.63) is 64.2 Å². The Morgan fingerprint density at radius 3 is 2.70 bits per heavy atom. The molecule has 0 amide bonds. The van der Waals surface area contributed by atoms with Crippen molar-refractivity contribution in [3.8, 4) is 0 Å². The third-order valence-corrected chi connectivity index (χ3v) is 3.48. The van der Waals surface area contributed by atoms with E-state index in [1.165, 1.54) is 6.07 Å². The molecule has 0 aliphatic heterocycles. The van der Waals surface area contributed by atoms with Gasteiger partial charge in [0.25, 0.3) is 0 Å². The van der Waals surface area contributed by atoms with E-state index in [2.05, 4.69) is 5.32 Å². The highest BCUT2D eigenvalue weighted by molar-refractivity contribution is 6.31. The van der Waals surface area contributed by atoms with Crippen molar-refractivity contribution in [1.29, 1.82) is 0 Å². The Balaban J connectivity index is 2.08. The molecule has 0 fully saturated rings. The first-order valence-electron chi connectivity index (χ1n) is 6.11. The fourth-order valence-electron chi connectivity index (χ4n) is 1.89. The number of rotatable bonds is 4. The van der Waals surface area contributed by atoms with Crippen molar-refractivity contribution >= 4 is 17.3 Å². The van der Waals surface area contributed by atoms with Crippen LogP contribution in [0.25, 0.3) is 0 Å². The second kappa shape index (κ2) is 6.20. The average Bonchev–Trinajstić information content (AvgIpc) is 2.40. The molecular formula is C15H14ClF2NO. The molecule has 0 radical (unpaired) electrons. The van der Waals surface area contributed by atoms with Crippen LogP contribution in [0.1, 0.15) is 17.2 Å². The maximum absolute atomic E-state index is 13.5. The van der Waals surface area contributed by atoms with Gasteiger partial charge in [-0.25, -0.2) is 8.78 Å². The molecule has 0 heterocycles. The van der Waals surface area contributed by atoms with Crippen LogP contribution < -0.4 is 5.32 Å². The lowest BCUT2D eigenvalue weighted by molar-refractivity contribution is 0.186. The summed E-state index contributed by atoms with van der Waals surface area (Å²) >= 11 is 5.98. The molecule has 2 rings (SSSR count). The van der Waals surface area contributed by atoms with Crippen molar-refractivity contribution in [3.63, 3.8) is 0 Å². The van der Waals surface area contributed by atoms with Crippen LogP contribution >= 0.6 is 11.6 Å². The van der Waals surface area contributed by atoms with E-state index < -0.39 is 17.7 Å². The lowest BCUT2D eigenvalue weighted by atomic mass is 10.1. The third kappa shape index (κ3) is 3.26. The van der Waals surface area contributed by atoms with Crippen molar-refractivity contribution in [2.45, 2.75) is 13.0 Å². The third-order valence-electron chi connectivity index (χ3n) is 3.08. The summed E-state index contributed by atoms with van der Waals surface area (Å²) in [7, 11) is 0. The van der Waals surface area contributed by atoms with Crippen LogP contribution in [0.4, 0.5) is 14.5 Å². The van der Waals surface area contributed by atoms with E-state index in [1.807, 2.05) is 13.0 Å². The number of aliphatic hydroxyl groups excluding tert-OH is 1. The van der Waals surface area contributed by atoms with E-state index in [0.717, 1.165) is 23.4 Å². The maximum Gasteiger partial charge on any atom is 0.131 e. The molecule has 2 N–H and O–H groups in total. The van der Waals surface area contributed by atoms with Gasteiger partial charge in [0.05, 0.1) is 6.10 Å². The zero-order valence-corrected chi connectivity index (χ0v) is 11.6. The molecule has 0 bridgehead atoms. The minimum Gasteiger partial charge on any atom is -0.386 e. The molecule has 1 atom stereocenters. The standard InChI is InChI=1S/C15H14ClF2NO/c1-9-12(16)3-2-4-14(9)19-8-15(20)11-6-5-10(17)7-13(11)18/h2-7,15,19-20H,8H2,1H3. The van der Waals surface area contributed by atoms with Crippen LogP contribution in [0, 0.1) is 18.6 Å². The molecule has 1 unspecified atom stereocenters. The van der Waals surface area contributed by atoms with E-state index >= 15 is 0 Å². The minimum absolute atomic E-state index is 0.0542. The van der Waals surface area contributed by atoms with Gasteiger partial charge in [-0.3, -0.25) is 0 Å². The summed E-state index contributed by atoms with van der Waals surface area (Å²) in [5, 5.41) is 13.6. The van der Waals surface area contributed by atoms with Crippen LogP contribution in [0.15, 0.2) is 36.4 Å². The Bertz CT molecular complexity index is 619. The fourth-order valence-corrected chi connectivity index (χ4v) is 2.06. The largest absolute Gasteiger partial charge is 0.386 e. The monoisotopic (exact) mass is 297 g/mol. The number of aliphatic hydroxyl groups is 1. The first-order chi connectivity index (χ1) is 9.49. The van der Waals surface area contributed by atoms with Crippen LogP contribution in [0.5, 0.6) is 0 Å². The Morgan fingerprint density at radius 2 is 2.00 bits per heavy atom.